The van der Waals surface area contributed by atoms with Crippen molar-refractivity contribution in [3.63, 3.8) is 0 Å². The Kier molecular flexibility index (Phi) is 8.16. The van der Waals surface area contributed by atoms with Gasteiger partial charge in [0.1, 0.15) is 0 Å². The van der Waals surface area contributed by atoms with Crippen molar-refractivity contribution in [3.8, 4) is 11.5 Å². The molecule has 0 aliphatic carbocycles. The molecular weight excluding hydrogens is 444 g/mol. The minimum absolute atomic E-state index is 0.0792. The van der Waals surface area contributed by atoms with Gasteiger partial charge in [0.15, 0.2) is 18.1 Å². The lowest BCUT2D eigenvalue weighted by molar-refractivity contribution is -0.124. The number of hydrogen-bond donors (Lipinski definition) is 2. The summed E-state index contributed by atoms with van der Waals surface area (Å²) in [6.45, 7) is 6.96. The van der Waals surface area contributed by atoms with Crippen molar-refractivity contribution in [1.29, 1.82) is 0 Å². The van der Waals surface area contributed by atoms with Gasteiger partial charge in [0.05, 0.1) is 7.11 Å². The second kappa shape index (κ2) is 10.1. The zero-order valence-corrected chi connectivity index (χ0v) is 18.9. The van der Waals surface area contributed by atoms with Crippen LogP contribution in [0, 0.1) is 0 Å². The molecule has 0 fully saturated rings. The van der Waals surface area contributed by atoms with Crippen LogP contribution in [0.2, 0.25) is 5.02 Å². The van der Waals surface area contributed by atoms with E-state index in [4.69, 9.17) is 21.1 Å². The van der Waals surface area contributed by atoms with E-state index in [9.17, 15) is 4.79 Å². The Labute approximate surface area is 179 Å². The Balaban J connectivity index is 2.00. The van der Waals surface area contributed by atoms with Gasteiger partial charge in [-0.15, -0.1) is 0 Å². The molecule has 0 atom stereocenters. The van der Waals surface area contributed by atoms with E-state index in [1.165, 1.54) is 0 Å². The summed E-state index contributed by atoms with van der Waals surface area (Å²) in [4.78, 5) is 12.0. The molecule has 0 unspecified atom stereocenters. The summed E-state index contributed by atoms with van der Waals surface area (Å²) in [6.07, 6.45) is 0. The minimum Gasteiger partial charge on any atom is -0.493 e. The maximum Gasteiger partial charge on any atom is 0.258 e. The third-order valence-electron chi connectivity index (χ3n) is 3.79. The second-order valence-corrected chi connectivity index (χ2v) is 8.64. The number of rotatable bonds is 8. The molecule has 7 heteroatoms. The van der Waals surface area contributed by atoms with Gasteiger partial charge < -0.3 is 20.1 Å². The standard InChI is InChI=1S/C21H26BrClN2O3/c1-21(2,3)25-20(26)13-28-19-10-16(22)15(9-18(19)27-4)12-24-11-14-7-5-6-8-17(14)23/h5-10,24H,11-13H2,1-4H3,(H,25,26). The summed E-state index contributed by atoms with van der Waals surface area (Å²) in [5.41, 5.74) is 1.75. The molecule has 0 saturated heterocycles. The summed E-state index contributed by atoms with van der Waals surface area (Å²) in [6, 6.07) is 11.4. The van der Waals surface area contributed by atoms with Crippen molar-refractivity contribution in [2.45, 2.75) is 39.4 Å². The van der Waals surface area contributed by atoms with Gasteiger partial charge in [0, 0.05) is 28.1 Å². The zero-order valence-electron chi connectivity index (χ0n) is 16.6. The largest absolute Gasteiger partial charge is 0.493 e. The van der Waals surface area contributed by atoms with E-state index < -0.39 is 0 Å². The molecule has 0 aromatic heterocycles. The maximum absolute atomic E-state index is 12.0. The molecule has 1 amide bonds. The molecule has 2 aromatic carbocycles. The number of hydrogen-bond acceptors (Lipinski definition) is 4. The first-order valence-electron chi connectivity index (χ1n) is 8.94. The van der Waals surface area contributed by atoms with Crippen LogP contribution in [0.1, 0.15) is 31.9 Å². The Morgan fingerprint density at radius 1 is 1.11 bits per heavy atom. The van der Waals surface area contributed by atoms with Crippen molar-refractivity contribution in [2.24, 2.45) is 0 Å². The lowest BCUT2D eigenvalue weighted by Crippen LogP contribution is -2.43. The van der Waals surface area contributed by atoms with E-state index in [1.54, 1.807) is 7.11 Å². The molecular formula is C21H26BrClN2O3. The van der Waals surface area contributed by atoms with Crippen molar-refractivity contribution in [1.82, 2.24) is 10.6 Å². The van der Waals surface area contributed by atoms with Crippen molar-refractivity contribution >= 4 is 33.4 Å². The predicted octanol–water partition coefficient (Wildman–Crippen LogP) is 4.69. The highest BCUT2D eigenvalue weighted by Gasteiger charge is 2.16. The average molecular weight is 470 g/mol. The summed E-state index contributed by atoms with van der Waals surface area (Å²) >= 11 is 9.75. The van der Waals surface area contributed by atoms with Gasteiger partial charge in [0.25, 0.3) is 5.91 Å². The third kappa shape index (κ3) is 7.00. The number of benzene rings is 2. The second-order valence-electron chi connectivity index (χ2n) is 7.38. The first-order chi connectivity index (χ1) is 13.2. The number of halogens is 2. The van der Waals surface area contributed by atoms with Crippen LogP contribution in [0.4, 0.5) is 0 Å². The summed E-state index contributed by atoms with van der Waals surface area (Å²) in [5.74, 6) is 0.894. The first kappa shape index (κ1) is 22.5. The Hall–Kier alpha value is -1.76. The smallest absolute Gasteiger partial charge is 0.258 e. The topological polar surface area (TPSA) is 59.6 Å². The van der Waals surface area contributed by atoms with Gasteiger partial charge in [0.2, 0.25) is 0 Å². The van der Waals surface area contributed by atoms with Gasteiger partial charge in [-0.2, -0.15) is 0 Å². The molecule has 28 heavy (non-hydrogen) atoms. The van der Waals surface area contributed by atoms with Crippen LogP contribution in [0.3, 0.4) is 0 Å². The highest BCUT2D eigenvalue weighted by molar-refractivity contribution is 9.10. The van der Waals surface area contributed by atoms with Crippen LogP contribution in [-0.4, -0.2) is 25.2 Å². The quantitative estimate of drug-likeness (QED) is 0.589. The highest BCUT2D eigenvalue weighted by atomic mass is 79.9. The number of amides is 1. The van der Waals surface area contributed by atoms with E-state index in [1.807, 2.05) is 57.2 Å². The summed E-state index contributed by atoms with van der Waals surface area (Å²) < 4.78 is 12.0. The van der Waals surface area contributed by atoms with E-state index in [0.717, 1.165) is 20.6 Å². The van der Waals surface area contributed by atoms with E-state index >= 15 is 0 Å². The maximum atomic E-state index is 12.0. The van der Waals surface area contributed by atoms with E-state index in [0.29, 0.717) is 24.6 Å². The molecule has 2 rings (SSSR count). The van der Waals surface area contributed by atoms with Crippen LogP contribution in [0.5, 0.6) is 11.5 Å². The molecule has 2 aromatic rings. The molecule has 0 aliphatic rings. The van der Waals surface area contributed by atoms with Gasteiger partial charge in [-0.25, -0.2) is 0 Å². The zero-order chi connectivity index (χ0) is 20.7. The lowest BCUT2D eigenvalue weighted by atomic mass is 10.1. The van der Waals surface area contributed by atoms with Crippen LogP contribution in [-0.2, 0) is 17.9 Å². The molecule has 0 aliphatic heterocycles. The Morgan fingerprint density at radius 3 is 2.43 bits per heavy atom. The number of ether oxygens (including phenoxy) is 2. The predicted molar refractivity (Wildman–Crippen MR) is 116 cm³/mol. The Bertz CT molecular complexity index is 822. The van der Waals surface area contributed by atoms with Gasteiger partial charge in [-0.3, -0.25) is 4.79 Å². The molecule has 0 radical (unpaired) electrons. The van der Waals surface area contributed by atoms with Crippen molar-refractivity contribution in [2.75, 3.05) is 13.7 Å². The van der Waals surface area contributed by atoms with Crippen LogP contribution in [0.25, 0.3) is 0 Å². The fourth-order valence-corrected chi connectivity index (χ4v) is 3.22. The molecule has 0 saturated carbocycles. The van der Waals surface area contributed by atoms with Crippen LogP contribution < -0.4 is 20.1 Å². The third-order valence-corrected chi connectivity index (χ3v) is 4.90. The van der Waals surface area contributed by atoms with Gasteiger partial charge in [-0.1, -0.05) is 45.7 Å². The number of nitrogens with one attached hydrogen (secondary N) is 2. The first-order valence-corrected chi connectivity index (χ1v) is 10.1. The van der Waals surface area contributed by atoms with Crippen molar-refractivity contribution < 1.29 is 14.3 Å². The molecule has 0 spiro atoms. The Morgan fingerprint density at radius 2 is 1.79 bits per heavy atom. The van der Waals surface area contributed by atoms with Gasteiger partial charge in [-0.05, 0) is 50.1 Å². The van der Waals surface area contributed by atoms with Gasteiger partial charge >= 0.3 is 0 Å². The fraction of sp³-hybridized carbons (Fsp3) is 0.381. The highest BCUT2D eigenvalue weighted by Crippen LogP contribution is 2.33. The number of carbonyl (C=O) groups is 1. The van der Waals surface area contributed by atoms with Crippen LogP contribution >= 0.6 is 27.5 Å². The molecule has 2 N–H and O–H groups in total. The lowest BCUT2D eigenvalue weighted by Gasteiger charge is -2.21. The normalized spacial score (nSPS) is 11.2. The minimum atomic E-state index is -0.303. The van der Waals surface area contributed by atoms with Crippen molar-refractivity contribution in [3.05, 3.63) is 57.0 Å². The summed E-state index contributed by atoms with van der Waals surface area (Å²) in [7, 11) is 1.58. The van der Waals surface area contributed by atoms with Crippen LogP contribution in [0.15, 0.2) is 40.9 Å². The molecule has 0 heterocycles. The summed E-state index contributed by atoms with van der Waals surface area (Å²) in [5, 5.41) is 6.97. The monoisotopic (exact) mass is 468 g/mol. The molecule has 5 nitrogen and oxygen atoms in total. The fourth-order valence-electron chi connectivity index (χ4n) is 2.56. The number of carbonyl (C=O) groups excluding carboxylic acids is 1. The molecule has 0 bridgehead atoms. The SMILES string of the molecule is COc1cc(CNCc2ccccc2Cl)c(Br)cc1OCC(=O)NC(C)(C)C. The molecule has 152 valence electrons. The van der Waals surface area contributed by atoms with E-state index in [-0.39, 0.29) is 18.1 Å². The number of methoxy groups -OCH3 is 1. The van der Waals surface area contributed by atoms with E-state index in [2.05, 4.69) is 26.6 Å². The average Bonchev–Trinajstić information content (AvgIpc) is 2.61.